The molecule has 1 atom stereocenters. The van der Waals surface area contributed by atoms with Gasteiger partial charge in [0.15, 0.2) is 5.82 Å². The van der Waals surface area contributed by atoms with Crippen LogP contribution in [-0.4, -0.2) is 14.8 Å². The van der Waals surface area contributed by atoms with Crippen LogP contribution >= 0.6 is 0 Å². The maximum Gasteiger partial charge on any atom is 0.164 e. The van der Waals surface area contributed by atoms with Crippen molar-refractivity contribution in [3.63, 3.8) is 0 Å². The van der Waals surface area contributed by atoms with Gasteiger partial charge in [0.1, 0.15) is 5.82 Å². The molecule has 27 heavy (non-hydrogen) atoms. The van der Waals surface area contributed by atoms with Gasteiger partial charge in [0.2, 0.25) is 0 Å². The molecule has 0 aliphatic heterocycles. The predicted molar refractivity (Wildman–Crippen MR) is 113 cm³/mol. The lowest BCUT2D eigenvalue weighted by Crippen LogP contribution is -2.27. The molecule has 0 saturated heterocycles. The van der Waals surface area contributed by atoms with E-state index in [1.54, 1.807) is 0 Å². The van der Waals surface area contributed by atoms with Gasteiger partial charge in [-0.25, -0.2) is 0 Å². The Hall–Kier alpha value is -2.42. The Morgan fingerprint density at radius 3 is 2.15 bits per heavy atom. The Kier molecular flexibility index (Phi) is 5.79. The van der Waals surface area contributed by atoms with E-state index in [-0.39, 0.29) is 5.41 Å². The fraction of sp³-hybridized carbons (Fsp3) is 0.417. The average molecular weight is 362 g/mol. The molecule has 142 valence electrons. The number of aryl methyl sites for hydroxylation is 1. The monoisotopic (exact) mass is 361 g/mol. The SMILES string of the molecule is CC.CCC(C)(c1ccc(C)cc1)c1nnc(-c2ccccc2)n1C1CC1. The lowest BCUT2D eigenvalue weighted by Gasteiger charge is -2.29. The fourth-order valence-electron chi connectivity index (χ4n) is 3.54. The van der Waals surface area contributed by atoms with Crippen LogP contribution in [0.15, 0.2) is 54.6 Å². The number of aromatic nitrogens is 3. The van der Waals surface area contributed by atoms with E-state index in [1.165, 1.54) is 24.0 Å². The molecule has 0 amide bonds. The molecule has 1 unspecified atom stereocenters. The average Bonchev–Trinajstić information content (AvgIpc) is 3.47. The van der Waals surface area contributed by atoms with E-state index in [0.29, 0.717) is 6.04 Å². The molecule has 0 spiro atoms. The molecule has 1 saturated carbocycles. The minimum absolute atomic E-state index is 0.129. The van der Waals surface area contributed by atoms with Gasteiger partial charge in [-0.1, -0.05) is 80.9 Å². The van der Waals surface area contributed by atoms with E-state index in [4.69, 9.17) is 5.10 Å². The summed E-state index contributed by atoms with van der Waals surface area (Å²) in [6.07, 6.45) is 3.44. The van der Waals surface area contributed by atoms with Crippen molar-refractivity contribution in [3.05, 3.63) is 71.5 Å². The highest BCUT2D eigenvalue weighted by Gasteiger charge is 2.38. The predicted octanol–water partition coefficient (Wildman–Crippen LogP) is 6.33. The van der Waals surface area contributed by atoms with Crippen LogP contribution in [-0.2, 0) is 5.41 Å². The Balaban J connectivity index is 0.00000102. The van der Waals surface area contributed by atoms with Gasteiger partial charge >= 0.3 is 0 Å². The Bertz CT molecular complexity index is 860. The van der Waals surface area contributed by atoms with E-state index >= 15 is 0 Å². The molecular formula is C24H31N3. The molecule has 3 aromatic rings. The van der Waals surface area contributed by atoms with Gasteiger partial charge < -0.3 is 4.57 Å². The molecule has 0 bridgehead atoms. The molecule has 2 aromatic carbocycles. The van der Waals surface area contributed by atoms with Crippen molar-refractivity contribution in [2.75, 3.05) is 0 Å². The zero-order valence-corrected chi connectivity index (χ0v) is 17.2. The lowest BCUT2D eigenvalue weighted by molar-refractivity contribution is 0.478. The largest absolute Gasteiger partial charge is 0.307 e. The van der Waals surface area contributed by atoms with Gasteiger partial charge in [0.25, 0.3) is 0 Å². The first kappa shape index (κ1) is 19.3. The molecule has 1 aromatic heterocycles. The molecule has 0 N–H and O–H groups in total. The fourth-order valence-corrected chi connectivity index (χ4v) is 3.54. The van der Waals surface area contributed by atoms with Crippen LogP contribution in [0.2, 0.25) is 0 Å². The Morgan fingerprint density at radius 2 is 1.59 bits per heavy atom. The highest BCUT2D eigenvalue weighted by molar-refractivity contribution is 5.56. The number of hydrogen-bond donors (Lipinski definition) is 0. The zero-order valence-electron chi connectivity index (χ0n) is 17.2. The molecule has 1 fully saturated rings. The van der Waals surface area contributed by atoms with Gasteiger partial charge in [-0.05, 0) is 38.7 Å². The first-order valence-electron chi connectivity index (χ1n) is 10.2. The summed E-state index contributed by atoms with van der Waals surface area (Å²) >= 11 is 0. The molecule has 4 rings (SSSR count). The summed E-state index contributed by atoms with van der Waals surface area (Å²) in [6.45, 7) is 10.7. The van der Waals surface area contributed by atoms with Crippen LogP contribution in [0.4, 0.5) is 0 Å². The number of hydrogen-bond acceptors (Lipinski definition) is 2. The van der Waals surface area contributed by atoms with Crippen molar-refractivity contribution in [1.29, 1.82) is 0 Å². The Labute approximate surface area is 163 Å². The smallest absolute Gasteiger partial charge is 0.164 e. The van der Waals surface area contributed by atoms with Crippen LogP contribution in [0.3, 0.4) is 0 Å². The molecule has 3 nitrogen and oxygen atoms in total. The van der Waals surface area contributed by atoms with Gasteiger partial charge in [-0.2, -0.15) is 0 Å². The van der Waals surface area contributed by atoms with E-state index in [1.807, 2.05) is 19.9 Å². The summed E-state index contributed by atoms with van der Waals surface area (Å²) in [4.78, 5) is 0. The van der Waals surface area contributed by atoms with E-state index < -0.39 is 0 Å². The molecule has 3 heteroatoms. The summed E-state index contributed by atoms with van der Waals surface area (Å²) in [7, 11) is 0. The Morgan fingerprint density at radius 1 is 0.963 bits per heavy atom. The third-order valence-electron chi connectivity index (χ3n) is 5.53. The number of rotatable bonds is 5. The van der Waals surface area contributed by atoms with Crippen molar-refractivity contribution in [1.82, 2.24) is 14.8 Å². The van der Waals surface area contributed by atoms with Gasteiger partial charge in [0.05, 0.1) is 5.41 Å². The van der Waals surface area contributed by atoms with E-state index in [2.05, 4.69) is 79.0 Å². The first-order chi connectivity index (χ1) is 13.1. The molecule has 1 aliphatic carbocycles. The van der Waals surface area contributed by atoms with Gasteiger partial charge in [-0.3, -0.25) is 0 Å². The molecule has 1 aliphatic rings. The first-order valence-corrected chi connectivity index (χ1v) is 10.2. The topological polar surface area (TPSA) is 30.7 Å². The minimum atomic E-state index is -0.129. The molecular weight excluding hydrogens is 330 g/mol. The molecule has 0 radical (unpaired) electrons. The zero-order chi connectivity index (χ0) is 19.4. The van der Waals surface area contributed by atoms with Crippen molar-refractivity contribution < 1.29 is 0 Å². The van der Waals surface area contributed by atoms with E-state index in [9.17, 15) is 0 Å². The van der Waals surface area contributed by atoms with Crippen LogP contribution in [0, 0.1) is 6.92 Å². The summed E-state index contributed by atoms with van der Waals surface area (Å²) in [5, 5.41) is 9.33. The standard InChI is InChI=1S/C22H25N3.C2H6/c1-4-22(3,18-12-10-16(2)11-13-18)21-24-23-20(25(21)19-14-15-19)17-8-6-5-7-9-17;1-2/h5-13,19H,4,14-15H2,1-3H3;1-2H3. The summed E-state index contributed by atoms with van der Waals surface area (Å²) < 4.78 is 2.40. The second-order valence-corrected chi connectivity index (χ2v) is 7.37. The van der Waals surface area contributed by atoms with Gasteiger partial charge in [-0.15, -0.1) is 10.2 Å². The second kappa shape index (κ2) is 8.08. The number of benzene rings is 2. The van der Waals surface area contributed by atoms with Crippen molar-refractivity contribution >= 4 is 0 Å². The quantitative estimate of drug-likeness (QED) is 0.531. The van der Waals surface area contributed by atoms with Crippen LogP contribution in [0.1, 0.15) is 70.0 Å². The maximum atomic E-state index is 4.71. The van der Waals surface area contributed by atoms with Crippen LogP contribution < -0.4 is 0 Å². The second-order valence-electron chi connectivity index (χ2n) is 7.37. The van der Waals surface area contributed by atoms with Crippen LogP contribution in [0.5, 0.6) is 0 Å². The summed E-state index contributed by atoms with van der Waals surface area (Å²) in [5.41, 5.74) is 3.62. The van der Waals surface area contributed by atoms with Crippen molar-refractivity contribution in [2.45, 2.75) is 65.3 Å². The highest BCUT2D eigenvalue weighted by atomic mass is 15.3. The lowest BCUT2D eigenvalue weighted by atomic mass is 9.79. The molecule has 1 heterocycles. The van der Waals surface area contributed by atoms with Crippen LogP contribution in [0.25, 0.3) is 11.4 Å². The van der Waals surface area contributed by atoms with Crippen molar-refractivity contribution in [2.24, 2.45) is 0 Å². The third kappa shape index (κ3) is 3.69. The normalized spacial score (nSPS) is 15.6. The third-order valence-corrected chi connectivity index (χ3v) is 5.53. The van der Waals surface area contributed by atoms with Crippen molar-refractivity contribution in [3.8, 4) is 11.4 Å². The van der Waals surface area contributed by atoms with Gasteiger partial charge in [0, 0.05) is 11.6 Å². The van der Waals surface area contributed by atoms with E-state index in [0.717, 1.165) is 23.6 Å². The highest BCUT2D eigenvalue weighted by Crippen LogP contribution is 2.44. The maximum absolute atomic E-state index is 4.71. The summed E-state index contributed by atoms with van der Waals surface area (Å²) in [5.74, 6) is 2.10. The number of nitrogens with zero attached hydrogens (tertiary/aromatic N) is 3. The summed E-state index contributed by atoms with van der Waals surface area (Å²) in [6, 6.07) is 19.9. The minimum Gasteiger partial charge on any atom is -0.307 e.